The van der Waals surface area contributed by atoms with E-state index >= 15 is 0 Å². The molecule has 3 N–H and O–H groups in total. The monoisotopic (exact) mass is 511 g/mol. The van der Waals surface area contributed by atoms with Gasteiger partial charge in [-0.1, -0.05) is 26.8 Å². The smallest absolute Gasteiger partial charge is 0.0938 e. The molecule has 11 atom stereocenters. The molecule has 36 heavy (non-hydrogen) atoms. The van der Waals surface area contributed by atoms with Gasteiger partial charge in [-0.25, -0.2) is 4.98 Å². The highest BCUT2D eigenvalue weighted by Crippen LogP contribution is 2.68. The van der Waals surface area contributed by atoms with Crippen molar-refractivity contribution in [3.63, 3.8) is 0 Å². The van der Waals surface area contributed by atoms with E-state index in [-0.39, 0.29) is 29.1 Å². The van der Waals surface area contributed by atoms with Gasteiger partial charge in [0, 0.05) is 0 Å². The molecule has 1 aromatic heterocycles. The lowest BCUT2D eigenvalue weighted by molar-refractivity contribution is -0.207. The van der Waals surface area contributed by atoms with Crippen molar-refractivity contribution in [3.8, 4) is 0 Å². The number of aliphatic hydroxyl groups excluding tert-OH is 3. The molecule has 198 valence electrons. The van der Waals surface area contributed by atoms with Crippen molar-refractivity contribution in [2.45, 2.75) is 104 Å². The first kappa shape index (κ1) is 25.3. The Labute approximate surface area is 220 Å². The fraction of sp³-hybridized carbons (Fsp3) is 0.774. The summed E-state index contributed by atoms with van der Waals surface area (Å²) in [4.78, 5) is 4.92. The maximum atomic E-state index is 11.8. The van der Waals surface area contributed by atoms with Gasteiger partial charge in [-0.3, -0.25) is 0 Å². The van der Waals surface area contributed by atoms with E-state index in [1.54, 1.807) is 0 Å². The topological polar surface area (TPSA) is 73.6 Å². The van der Waals surface area contributed by atoms with Gasteiger partial charge in [0.1, 0.15) is 0 Å². The molecule has 0 bridgehead atoms. The van der Waals surface area contributed by atoms with E-state index in [2.05, 4.69) is 45.9 Å². The minimum absolute atomic E-state index is 0.121. The molecular formula is C31H45NO3S. The second kappa shape index (κ2) is 9.03. The molecule has 0 amide bonds. The zero-order chi connectivity index (χ0) is 25.4. The first-order valence-electron chi connectivity index (χ1n) is 14.5. The molecule has 0 radical (unpaired) electrons. The molecule has 6 rings (SSSR count). The molecule has 4 saturated carbocycles. The van der Waals surface area contributed by atoms with Crippen molar-refractivity contribution in [3.05, 3.63) is 28.8 Å². The second-order valence-corrected chi connectivity index (χ2v) is 14.7. The second-order valence-electron chi connectivity index (χ2n) is 13.6. The molecule has 0 spiro atoms. The van der Waals surface area contributed by atoms with E-state index in [4.69, 9.17) is 4.98 Å². The maximum absolute atomic E-state index is 11.8. The average molecular weight is 512 g/mol. The highest BCUT2D eigenvalue weighted by Gasteiger charge is 2.65. The Morgan fingerprint density at radius 1 is 1.06 bits per heavy atom. The zero-order valence-corrected chi connectivity index (χ0v) is 23.3. The third-order valence-electron chi connectivity index (χ3n) is 11.9. The molecule has 0 saturated heterocycles. The van der Waals surface area contributed by atoms with Gasteiger partial charge >= 0.3 is 0 Å². The minimum atomic E-state index is -0.307. The van der Waals surface area contributed by atoms with Crippen molar-refractivity contribution < 1.29 is 15.3 Å². The van der Waals surface area contributed by atoms with Crippen LogP contribution in [0.1, 0.15) is 82.7 Å². The van der Waals surface area contributed by atoms with Gasteiger partial charge in [0.15, 0.2) is 0 Å². The Morgan fingerprint density at radius 3 is 2.67 bits per heavy atom. The molecule has 5 heteroatoms. The van der Waals surface area contributed by atoms with Gasteiger partial charge in [0.05, 0.1) is 33.5 Å². The maximum Gasteiger partial charge on any atom is 0.0938 e. The van der Waals surface area contributed by atoms with Crippen molar-refractivity contribution in [1.29, 1.82) is 0 Å². The summed E-state index contributed by atoms with van der Waals surface area (Å²) in [5, 5.41) is 34.9. The van der Waals surface area contributed by atoms with Crippen LogP contribution in [0.4, 0.5) is 0 Å². The number of hydrogen-bond donors (Lipinski definition) is 3. The lowest BCUT2D eigenvalue weighted by Gasteiger charge is -2.63. The molecule has 1 unspecified atom stereocenters. The molecule has 0 aliphatic heterocycles. The molecule has 4 aliphatic rings. The predicted octanol–water partition coefficient (Wildman–Crippen LogP) is 6.13. The number of aliphatic hydroxyl groups is 3. The van der Waals surface area contributed by atoms with Crippen LogP contribution in [0.15, 0.2) is 18.2 Å². The molecule has 4 fully saturated rings. The number of benzene rings is 1. The van der Waals surface area contributed by atoms with Crippen LogP contribution < -0.4 is 0 Å². The van der Waals surface area contributed by atoms with E-state index in [1.165, 1.54) is 15.3 Å². The number of hydrogen-bond acceptors (Lipinski definition) is 5. The number of nitrogens with zero attached hydrogens (tertiary/aromatic N) is 1. The van der Waals surface area contributed by atoms with Gasteiger partial charge in [-0.15, -0.1) is 11.3 Å². The van der Waals surface area contributed by atoms with Crippen LogP contribution in [0, 0.1) is 53.3 Å². The van der Waals surface area contributed by atoms with Crippen molar-refractivity contribution in [1.82, 2.24) is 4.98 Å². The molecule has 4 nitrogen and oxygen atoms in total. The summed E-state index contributed by atoms with van der Waals surface area (Å²) >= 11 is 1.83. The summed E-state index contributed by atoms with van der Waals surface area (Å²) in [6.07, 6.45) is 7.94. The van der Waals surface area contributed by atoms with Gasteiger partial charge in [0.2, 0.25) is 0 Å². The number of rotatable bonds is 4. The van der Waals surface area contributed by atoms with Gasteiger partial charge in [-0.05, 0) is 129 Å². The quantitative estimate of drug-likeness (QED) is 0.461. The van der Waals surface area contributed by atoms with E-state index in [1.807, 2.05) is 11.3 Å². The van der Waals surface area contributed by atoms with E-state index in [0.29, 0.717) is 35.5 Å². The standard InChI is InChI=1S/C31H45NO3S/c1-17-5-9-26-24(13-17)32-28(36-26)10-6-18(2)21-7-8-22-29-23(16-27(35)31(21,22)4)30(3)12-11-20(33)14-19(30)15-25(29)34/h5,9,13,18-23,25,27,29,33-35H,6-8,10-12,14-16H2,1-4H3/t18?,19-,20+,21+,22-,23-,25+,27-,29-,30-,31+/m0/s1. The summed E-state index contributed by atoms with van der Waals surface area (Å²) in [5.74, 6) is 2.44. The van der Waals surface area contributed by atoms with Crippen molar-refractivity contribution in [2.24, 2.45) is 46.3 Å². The highest BCUT2D eigenvalue weighted by molar-refractivity contribution is 7.18. The summed E-state index contributed by atoms with van der Waals surface area (Å²) in [7, 11) is 0. The Morgan fingerprint density at radius 2 is 1.86 bits per heavy atom. The fourth-order valence-corrected chi connectivity index (χ4v) is 10.8. The van der Waals surface area contributed by atoms with Crippen LogP contribution in [0.5, 0.6) is 0 Å². The Balaban J connectivity index is 1.20. The Kier molecular flexibility index (Phi) is 6.34. The number of thiazole rings is 1. The minimum Gasteiger partial charge on any atom is -0.393 e. The van der Waals surface area contributed by atoms with E-state index in [0.717, 1.165) is 63.3 Å². The third-order valence-corrected chi connectivity index (χ3v) is 13.0. The molecule has 1 heterocycles. The van der Waals surface area contributed by atoms with Crippen LogP contribution in [0.2, 0.25) is 0 Å². The van der Waals surface area contributed by atoms with Crippen LogP contribution in [0.3, 0.4) is 0 Å². The summed E-state index contributed by atoms with van der Waals surface area (Å²) < 4.78 is 1.28. The van der Waals surface area contributed by atoms with Crippen molar-refractivity contribution >= 4 is 21.6 Å². The lowest BCUT2D eigenvalue weighted by Crippen LogP contribution is -2.62. The van der Waals surface area contributed by atoms with Crippen LogP contribution in [-0.4, -0.2) is 38.6 Å². The Bertz CT molecular complexity index is 1120. The zero-order valence-electron chi connectivity index (χ0n) is 22.5. The van der Waals surface area contributed by atoms with Crippen LogP contribution >= 0.6 is 11.3 Å². The summed E-state index contributed by atoms with van der Waals surface area (Å²) in [5.41, 5.74) is 2.40. The molecule has 4 aliphatic carbocycles. The van der Waals surface area contributed by atoms with Crippen LogP contribution in [0.25, 0.3) is 10.2 Å². The van der Waals surface area contributed by atoms with Gasteiger partial charge in [-0.2, -0.15) is 0 Å². The largest absolute Gasteiger partial charge is 0.393 e. The third kappa shape index (κ3) is 3.82. The predicted molar refractivity (Wildman–Crippen MR) is 146 cm³/mol. The summed E-state index contributed by atoms with van der Waals surface area (Å²) in [6.45, 7) is 9.29. The van der Waals surface area contributed by atoms with Crippen LogP contribution in [-0.2, 0) is 6.42 Å². The highest BCUT2D eigenvalue weighted by atomic mass is 32.1. The van der Waals surface area contributed by atoms with E-state index < -0.39 is 0 Å². The van der Waals surface area contributed by atoms with Gasteiger partial charge in [0.25, 0.3) is 0 Å². The van der Waals surface area contributed by atoms with Crippen molar-refractivity contribution in [2.75, 3.05) is 0 Å². The first-order chi connectivity index (χ1) is 17.1. The summed E-state index contributed by atoms with van der Waals surface area (Å²) in [6, 6.07) is 6.55. The number of aryl methyl sites for hydroxylation is 2. The Hall–Kier alpha value is -1.01. The average Bonchev–Trinajstić information content (AvgIpc) is 3.40. The number of fused-ring (bicyclic) bond motifs is 6. The fourth-order valence-electron chi connectivity index (χ4n) is 9.88. The van der Waals surface area contributed by atoms with Gasteiger partial charge < -0.3 is 15.3 Å². The first-order valence-corrected chi connectivity index (χ1v) is 15.3. The molecule has 2 aromatic rings. The normalized spacial score (nSPS) is 45.2. The SMILES string of the molecule is Cc1ccc2sc(CCC(C)[C@H]3CC[C@H]4[C@@H]5[C@H](O)C[C@@H]6C[C@H](O)CC[C@]6(C)[C@H]5C[C@H](O)[C@]34C)nc2c1. The van der Waals surface area contributed by atoms with E-state index in [9.17, 15) is 15.3 Å². The molecule has 1 aromatic carbocycles. The lowest BCUT2D eigenvalue weighted by atomic mass is 9.43. The molecular weight excluding hydrogens is 466 g/mol. The number of aromatic nitrogens is 1.